The second-order valence-electron chi connectivity index (χ2n) is 6.34. The zero-order valence-corrected chi connectivity index (χ0v) is 16.6. The highest BCUT2D eigenvalue weighted by molar-refractivity contribution is 7.80. The number of ether oxygens (including phenoxy) is 1. The number of nitro groups is 1. The van der Waals surface area contributed by atoms with Gasteiger partial charge in [-0.15, -0.1) is 0 Å². The molecule has 9 heteroatoms. The Morgan fingerprint density at radius 3 is 2.62 bits per heavy atom. The van der Waals surface area contributed by atoms with Gasteiger partial charge in [0.25, 0.3) is 0 Å². The number of hydrogen-bond acceptors (Lipinski definition) is 6. The van der Waals surface area contributed by atoms with Gasteiger partial charge in [0.1, 0.15) is 0 Å². The van der Waals surface area contributed by atoms with E-state index < -0.39 is 22.4 Å². The van der Waals surface area contributed by atoms with Crippen molar-refractivity contribution in [2.45, 2.75) is 19.9 Å². The van der Waals surface area contributed by atoms with Gasteiger partial charge in [0.2, 0.25) is 5.75 Å². The smallest absolute Gasteiger partial charge is 0.315 e. The molecule has 1 aliphatic heterocycles. The minimum atomic E-state index is -0.755. The molecule has 0 saturated carbocycles. The van der Waals surface area contributed by atoms with Crippen molar-refractivity contribution in [1.82, 2.24) is 10.6 Å². The molecule has 2 aromatic carbocycles. The minimum absolute atomic E-state index is 0.0351. The lowest BCUT2D eigenvalue weighted by molar-refractivity contribution is -0.386. The molecule has 0 fully saturated rings. The number of carbonyl (C=O) groups excluding carboxylic acids is 1. The average Bonchev–Trinajstić information content (AvgIpc) is 2.69. The van der Waals surface area contributed by atoms with Gasteiger partial charge in [-0.3, -0.25) is 14.9 Å². The fourth-order valence-corrected chi connectivity index (χ4v) is 3.45. The van der Waals surface area contributed by atoms with Crippen LogP contribution in [0.4, 0.5) is 5.69 Å². The van der Waals surface area contributed by atoms with E-state index in [4.69, 9.17) is 17.0 Å². The van der Waals surface area contributed by atoms with Gasteiger partial charge in [0, 0.05) is 22.9 Å². The van der Waals surface area contributed by atoms with Crippen molar-refractivity contribution in [3.05, 3.63) is 75.0 Å². The maximum atomic E-state index is 13.2. The largest absolute Gasteiger partial charge is 0.500 e. The molecule has 0 saturated heterocycles. The SMILES string of the molecule is CCOc1cc(C2NC(=S)NC(C)=C2C(=O)c2ccccc2)cc([N+](=O)[O-])c1O. The number of Topliss-reactive ketones (excluding diaryl/α,β-unsaturated/α-hetero) is 1. The molecule has 1 unspecified atom stereocenters. The van der Waals surface area contributed by atoms with Gasteiger partial charge in [-0.1, -0.05) is 30.3 Å². The standard InChI is InChI=1S/C20H19N3O5S/c1-3-28-15-10-13(9-14(19(15)25)23(26)27)17-16(11(2)21-20(29)22-17)18(24)12-7-5-4-6-8-12/h4-10,17,25H,3H2,1-2H3,(H2,21,22,29). The minimum Gasteiger partial charge on any atom is -0.500 e. The molecule has 0 spiro atoms. The van der Waals surface area contributed by atoms with Crippen LogP contribution in [0.2, 0.25) is 0 Å². The lowest BCUT2D eigenvalue weighted by atomic mass is 9.89. The summed E-state index contributed by atoms with van der Waals surface area (Å²) in [5.74, 6) is -0.842. The number of nitrogens with zero attached hydrogens (tertiary/aromatic N) is 1. The van der Waals surface area contributed by atoms with Crippen LogP contribution >= 0.6 is 12.2 Å². The zero-order chi connectivity index (χ0) is 21.1. The Bertz CT molecular complexity index is 1020. The summed E-state index contributed by atoms with van der Waals surface area (Å²) >= 11 is 5.23. The van der Waals surface area contributed by atoms with Crippen LogP contribution in [0.15, 0.2) is 53.7 Å². The molecule has 0 amide bonds. The van der Waals surface area contributed by atoms with Gasteiger partial charge in [0.15, 0.2) is 16.6 Å². The molecular formula is C20H19N3O5S. The Kier molecular flexibility index (Phi) is 5.79. The second kappa shape index (κ2) is 8.27. The molecule has 2 aromatic rings. The van der Waals surface area contributed by atoms with Crippen molar-refractivity contribution in [3.63, 3.8) is 0 Å². The van der Waals surface area contributed by atoms with Gasteiger partial charge in [-0.05, 0) is 37.7 Å². The fraction of sp³-hybridized carbons (Fsp3) is 0.200. The highest BCUT2D eigenvalue weighted by Gasteiger charge is 2.33. The fourth-order valence-electron chi connectivity index (χ4n) is 3.18. The Morgan fingerprint density at radius 2 is 2.00 bits per heavy atom. The Labute approximate surface area is 172 Å². The summed E-state index contributed by atoms with van der Waals surface area (Å²) < 4.78 is 5.36. The van der Waals surface area contributed by atoms with Gasteiger partial charge in [0.05, 0.1) is 17.6 Å². The molecule has 3 rings (SSSR count). The molecule has 8 nitrogen and oxygen atoms in total. The third kappa shape index (κ3) is 4.04. The topological polar surface area (TPSA) is 114 Å². The summed E-state index contributed by atoms with van der Waals surface area (Å²) in [6.07, 6.45) is 0. The first-order valence-electron chi connectivity index (χ1n) is 8.85. The van der Waals surface area contributed by atoms with Crippen molar-refractivity contribution >= 4 is 28.8 Å². The van der Waals surface area contributed by atoms with E-state index in [2.05, 4.69) is 10.6 Å². The summed E-state index contributed by atoms with van der Waals surface area (Å²) in [5, 5.41) is 27.8. The summed E-state index contributed by atoms with van der Waals surface area (Å²) in [6, 6.07) is 10.6. The van der Waals surface area contributed by atoms with Crippen LogP contribution in [0.1, 0.15) is 35.8 Å². The zero-order valence-electron chi connectivity index (χ0n) is 15.8. The predicted octanol–water partition coefficient (Wildman–Crippen LogP) is 3.37. The number of rotatable bonds is 6. The van der Waals surface area contributed by atoms with E-state index in [1.165, 1.54) is 12.1 Å². The van der Waals surface area contributed by atoms with E-state index in [1.807, 2.05) is 0 Å². The highest BCUT2D eigenvalue weighted by atomic mass is 32.1. The number of aromatic hydroxyl groups is 1. The number of phenolic OH excluding ortho intramolecular Hbond substituents is 1. The first-order valence-corrected chi connectivity index (χ1v) is 9.26. The molecule has 0 bridgehead atoms. The molecule has 150 valence electrons. The monoisotopic (exact) mass is 413 g/mol. The first kappa shape index (κ1) is 20.3. The van der Waals surface area contributed by atoms with Gasteiger partial charge in [-0.2, -0.15) is 0 Å². The van der Waals surface area contributed by atoms with Crippen LogP contribution in [0, 0.1) is 10.1 Å². The number of ketones is 1. The van der Waals surface area contributed by atoms with E-state index in [-0.39, 0.29) is 23.3 Å². The number of hydrogen-bond donors (Lipinski definition) is 3. The predicted molar refractivity (Wildman–Crippen MR) is 111 cm³/mol. The highest BCUT2D eigenvalue weighted by Crippen LogP contribution is 2.41. The quantitative estimate of drug-likeness (QED) is 0.286. The van der Waals surface area contributed by atoms with Crippen molar-refractivity contribution in [1.29, 1.82) is 0 Å². The normalized spacial score (nSPS) is 16.1. The van der Waals surface area contributed by atoms with Crippen molar-refractivity contribution in [2.24, 2.45) is 0 Å². The van der Waals surface area contributed by atoms with Crippen LogP contribution in [-0.2, 0) is 0 Å². The van der Waals surface area contributed by atoms with E-state index in [9.17, 15) is 20.0 Å². The third-order valence-corrected chi connectivity index (χ3v) is 4.68. The number of carbonyl (C=O) groups is 1. The second-order valence-corrected chi connectivity index (χ2v) is 6.75. The van der Waals surface area contributed by atoms with Crippen molar-refractivity contribution in [2.75, 3.05) is 6.61 Å². The van der Waals surface area contributed by atoms with Crippen molar-refractivity contribution < 1.29 is 19.6 Å². The molecule has 0 aromatic heterocycles. The molecule has 0 radical (unpaired) electrons. The molecule has 0 aliphatic carbocycles. The number of benzene rings is 2. The van der Waals surface area contributed by atoms with Gasteiger partial charge in [-0.25, -0.2) is 0 Å². The van der Waals surface area contributed by atoms with Crippen LogP contribution in [0.25, 0.3) is 0 Å². The van der Waals surface area contributed by atoms with Gasteiger partial charge < -0.3 is 20.5 Å². The average molecular weight is 413 g/mol. The number of allylic oxidation sites excluding steroid dienone is 1. The number of nitrogens with one attached hydrogen (secondary N) is 2. The van der Waals surface area contributed by atoms with E-state index in [1.54, 1.807) is 44.2 Å². The van der Waals surface area contributed by atoms with E-state index >= 15 is 0 Å². The lowest BCUT2D eigenvalue weighted by Gasteiger charge is -2.30. The summed E-state index contributed by atoms with van der Waals surface area (Å²) in [4.78, 5) is 23.9. The molecule has 1 aliphatic rings. The van der Waals surface area contributed by atoms with Crippen LogP contribution in [-0.4, -0.2) is 27.5 Å². The maximum Gasteiger partial charge on any atom is 0.315 e. The van der Waals surface area contributed by atoms with Crippen LogP contribution in [0.3, 0.4) is 0 Å². The summed E-state index contributed by atoms with van der Waals surface area (Å²) in [5.41, 5.74) is 1.25. The van der Waals surface area contributed by atoms with Gasteiger partial charge >= 0.3 is 5.69 Å². The molecule has 1 heterocycles. The first-order chi connectivity index (χ1) is 13.8. The third-order valence-electron chi connectivity index (χ3n) is 4.46. The Morgan fingerprint density at radius 1 is 1.31 bits per heavy atom. The van der Waals surface area contributed by atoms with Crippen LogP contribution < -0.4 is 15.4 Å². The lowest BCUT2D eigenvalue weighted by Crippen LogP contribution is -2.44. The molecule has 29 heavy (non-hydrogen) atoms. The number of thiocarbonyl (C=S) groups is 1. The number of nitro benzene ring substituents is 1. The summed E-state index contributed by atoms with van der Waals surface area (Å²) in [7, 11) is 0. The van der Waals surface area contributed by atoms with E-state index in [0.29, 0.717) is 22.4 Å². The van der Waals surface area contributed by atoms with Crippen LogP contribution in [0.5, 0.6) is 11.5 Å². The summed E-state index contributed by atoms with van der Waals surface area (Å²) in [6.45, 7) is 3.62. The molecular weight excluding hydrogens is 394 g/mol. The number of phenols is 1. The molecule has 3 N–H and O–H groups in total. The van der Waals surface area contributed by atoms with Crippen molar-refractivity contribution in [3.8, 4) is 11.5 Å². The Balaban J connectivity index is 2.16. The molecule has 1 atom stereocenters. The van der Waals surface area contributed by atoms with E-state index in [0.717, 1.165) is 0 Å². The Hall–Kier alpha value is -3.46. The maximum absolute atomic E-state index is 13.2.